The van der Waals surface area contributed by atoms with E-state index < -0.39 is 29.5 Å². The summed E-state index contributed by atoms with van der Waals surface area (Å²) in [6, 6.07) is 9.81. The topological polar surface area (TPSA) is 86.0 Å². The molecule has 0 unspecified atom stereocenters. The SMILES string of the molecule is CC(C)(C)OC(=O)N1[C@H]([C@H](C#N)N(O)Cc2ccccc2)COC1(C)C. The van der Waals surface area contributed by atoms with Crippen LogP contribution in [0.1, 0.15) is 40.2 Å². The van der Waals surface area contributed by atoms with E-state index in [1.807, 2.05) is 30.3 Å². The van der Waals surface area contributed by atoms with E-state index in [9.17, 15) is 15.3 Å². The van der Waals surface area contributed by atoms with Crippen LogP contribution in [0.2, 0.25) is 0 Å². The maximum Gasteiger partial charge on any atom is 0.412 e. The predicted molar refractivity (Wildman–Crippen MR) is 95.1 cm³/mol. The molecule has 0 spiro atoms. The van der Waals surface area contributed by atoms with E-state index in [1.165, 1.54) is 4.90 Å². The van der Waals surface area contributed by atoms with Crippen molar-refractivity contribution in [1.82, 2.24) is 9.96 Å². The Balaban J connectivity index is 2.21. The minimum atomic E-state index is -0.954. The minimum absolute atomic E-state index is 0.135. The summed E-state index contributed by atoms with van der Waals surface area (Å²) >= 11 is 0. The number of nitriles is 1. The number of hydroxylamine groups is 2. The Hall–Kier alpha value is -2.14. The Bertz CT molecular complexity index is 664. The van der Waals surface area contributed by atoms with E-state index in [4.69, 9.17) is 9.47 Å². The second-order valence-corrected chi connectivity index (χ2v) is 7.83. The molecule has 1 N–H and O–H groups in total. The fourth-order valence-electron chi connectivity index (χ4n) is 2.95. The average molecular weight is 361 g/mol. The van der Waals surface area contributed by atoms with E-state index in [2.05, 4.69) is 6.07 Å². The number of amides is 1. The van der Waals surface area contributed by atoms with E-state index in [0.717, 1.165) is 10.6 Å². The van der Waals surface area contributed by atoms with Crippen LogP contribution in [0.25, 0.3) is 0 Å². The molecule has 7 nitrogen and oxygen atoms in total. The predicted octanol–water partition coefficient (Wildman–Crippen LogP) is 3.14. The van der Waals surface area contributed by atoms with Crippen LogP contribution in [0.5, 0.6) is 0 Å². The molecule has 1 aromatic carbocycles. The van der Waals surface area contributed by atoms with Crippen LogP contribution < -0.4 is 0 Å². The Morgan fingerprint density at radius 3 is 2.62 bits per heavy atom. The fourth-order valence-corrected chi connectivity index (χ4v) is 2.95. The number of hydrogen-bond acceptors (Lipinski definition) is 6. The highest BCUT2D eigenvalue weighted by Gasteiger charge is 2.50. The third-order valence-electron chi connectivity index (χ3n) is 4.11. The molecule has 1 saturated heterocycles. The Morgan fingerprint density at radius 2 is 2.08 bits per heavy atom. The van der Waals surface area contributed by atoms with Gasteiger partial charge in [-0.15, -0.1) is 0 Å². The lowest BCUT2D eigenvalue weighted by atomic mass is 10.1. The average Bonchev–Trinajstić information content (AvgIpc) is 2.82. The minimum Gasteiger partial charge on any atom is -0.444 e. The molecule has 0 aromatic heterocycles. The lowest BCUT2D eigenvalue weighted by Crippen LogP contribution is -2.56. The van der Waals surface area contributed by atoms with Crippen molar-refractivity contribution in [2.75, 3.05) is 6.61 Å². The van der Waals surface area contributed by atoms with Gasteiger partial charge in [-0.1, -0.05) is 30.3 Å². The van der Waals surface area contributed by atoms with Crippen LogP contribution in [0.4, 0.5) is 4.79 Å². The van der Waals surface area contributed by atoms with Crippen LogP contribution in [0.15, 0.2) is 30.3 Å². The molecular formula is C19H27N3O4. The van der Waals surface area contributed by atoms with Crippen LogP contribution in [0, 0.1) is 11.3 Å². The Labute approximate surface area is 154 Å². The lowest BCUT2D eigenvalue weighted by molar-refractivity contribution is -0.136. The molecule has 26 heavy (non-hydrogen) atoms. The van der Waals surface area contributed by atoms with Gasteiger partial charge in [0, 0.05) is 0 Å². The van der Waals surface area contributed by atoms with Gasteiger partial charge in [0.25, 0.3) is 0 Å². The van der Waals surface area contributed by atoms with Gasteiger partial charge >= 0.3 is 6.09 Å². The summed E-state index contributed by atoms with van der Waals surface area (Å²) in [5, 5.41) is 21.1. The maximum absolute atomic E-state index is 12.7. The van der Waals surface area contributed by atoms with Gasteiger partial charge in [0.2, 0.25) is 0 Å². The summed E-state index contributed by atoms with van der Waals surface area (Å²) in [5.74, 6) is 0. The zero-order valence-corrected chi connectivity index (χ0v) is 16.0. The number of carbonyl (C=O) groups is 1. The van der Waals surface area contributed by atoms with Crippen LogP contribution in [-0.4, -0.2) is 51.3 Å². The van der Waals surface area contributed by atoms with Gasteiger partial charge in [-0.05, 0) is 40.2 Å². The number of rotatable bonds is 4. The first kappa shape index (κ1) is 20.2. The number of nitrogens with zero attached hydrogens (tertiary/aromatic N) is 3. The van der Waals surface area contributed by atoms with Crippen molar-refractivity contribution in [3.63, 3.8) is 0 Å². The van der Waals surface area contributed by atoms with Gasteiger partial charge < -0.3 is 14.7 Å². The maximum atomic E-state index is 12.7. The summed E-state index contributed by atoms with van der Waals surface area (Å²) in [4.78, 5) is 14.1. The Kier molecular flexibility index (Phi) is 5.91. The molecule has 1 amide bonds. The van der Waals surface area contributed by atoms with E-state index in [-0.39, 0.29) is 13.2 Å². The monoisotopic (exact) mass is 361 g/mol. The molecule has 0 saturated carbocycles. The van der Waals surface area contributed by atoms with E-state index in [0.29, 0.717) is 0 Å². The van der Waals surface area contributed by atoms with Crippen molar-refractivity contribution >= 4 is 6.09 Å². The molecule has 1 fully saturated rings. The summed E-state index contributed by atoms with van der Waals surface area (Å²) in [7, 11) is 0. The van der Waals surface area contributed by atoms with E-state index >= 15 is 0 Å². The molecule has 2 atom stereocenters. The quantitative estimate of drug-likeness (QED) is 0.829. The van der Waals surface area contributed by atoms with Crippen molar-refractivity contribution in [2.45, 2.75) is 64.6 Å². The van der Waals surface area contributed by atoms with Crippen LogP contribution >= 0.6 is 0 Å². The van der Waals surface area contributed by atoms with Crippen molar-refractivity contribution in [3.8, 4) is 6.07 Å². The van der Waals surface area contributed by atoms with Crippen molar-refractivity contribution < 1.29 is 19.5 Å². The molecule has 0 radical (unpaired) electrons. The molecule has 0 aliphatic carbocycles. The van der Waals surface area contributed by atoms with Gasteiger partial charge in [0.1, 0.15) is 17.4 Å². The summed E-state index contributed by atoms with van der Waals surface area (Å²) in [6.45, 7) is 9.11. The normalized spacial score (nSPS) is 20.7. The second kappa shape index (κ2) is 7.62. The van der Waals surface area contributed by atoms with Crippen LogP contribution in [-0.2, 0) is 16.0 Å². The first-order valence-electron chi connectivity index (χ1n) is 8.60. The fraction of sp³-hybridized carbons (Fsp3) is 0.579. The summed E-state index contributed by atoms with van der Waals surface area (Å²) in [5.41, 5.74) is -0.751. The standard InChI is InChI=1S/C19H27N3O4/c1-18(2,3)26-17(23)22-16(13-25-19(22,4)5)15(11-20)21(24)12-14-9-7-6-8-10-14/h6-10,15-16,24H,12-13H2,1-5H3/t15-,16-/m0/s1. The smallest absolute Gasteiger partial charge is 0.412 e. The highest BCUT2D eigenvalue weighted by molar-refractivity contribution is 5.70. The van der Waals surface area contributed by atoms with Crippen molar-refractivity contribution in [3.05, 3.63) is 35.9 Å². The third-order valence-corrected chi connectivity index (χ3v) is 4.11. The molecule has 7 heteroatoms. The number of carbonyl (C=O) groups excluding carboxylic acids is 1. The molecule has 1 aliphatic rings. The van der Waals surface area contributed by atoms with Gasteiger partial charge in [0.15, 0.2) is 0 Å². The largest absolute Gasteiger partial charge is 0.444 e. The highest BCUT2D eigenvalue weighted by atomic mass is 16.6. The lowest BCUT2D eigenvalue weighted by Gasteiger charge is -2.37. The molecule has 1 aromatic rings. The molecule has 0 bridgehead atoms. The summed E-state index contributed by atoms with van der Waals surface area (Å²) < 4.78 is 11.2. The number of hydrogen-bond donors (Lipinski definition) is 1. The zero-order valence-electron chi connectivity index (χ0n) is 16.0. The van der Waals surface area contributed by atoms with Crippen molar-refractivity contribution in [2.24, 2.45) is 0 Å². The second-order valence-electron chi connectivity index (χ2n) is 7.83. The summed E-state index contributed by atoms with van der Waals surface area (Å²) in [6.07, 6.45) is -0.571. The van der Waals surface area contributed by atoms with Crippen molar-refractivity contribution in [1.29, 1.82) is 5.26 Å². The first-order chi connectivity index (χ1) is 12.0. The zero-order chi connectivity index (χ0) is 19.5. The number of ether oxygens (including phenoxy) is 2. The highest BCUT2D eigenvalue weighted by Crippen LogP contribution is 2.32. The third kappa shape index (κ3) is 4.73. The van der Waals surface area contributed by atoms with Gasteiger partial charge in [0.05, 0.1) is 25.3 Å². The van der Waals surface area contributed by atoms with Gasteiger partial charge in [-0.25, -0.2) is 4.79 Å². The van der Waals surface area contributed by atoms with Gasteiger partial charge in [-0.3, -0.25) is 4.90 Å². The van der Waals surface area contributed by atoms with E-state index in [1.54, 1.807) is 34.6 Å². The first-order valence-corrected chi connectivity index (χ1v) is 8.60. The molecule has 1 aliphatic heterocycles. The number of benzene rings is 1. The Morgan fingerprint density at radius 1 is 1.46 bits per heavy atom. The molecule has 2 rings (SSSR count). The molecule has 1 heterocycles. The van der Waals surface area contributed by atoms with Gasteiger partial charge in [-0.2, -0.15) is 10.3 Å². The van der Waals surface area contributed by atoms with Crippen LogP contribution in [0.3, 0.4) is 0 Å². The molecular weight excluding hydrogens is 334 g/mol. The molecule has 142 valence electrons.